The van der Waals surface area contributed by atoms with E-state index < -0.39 is 17.5 Å². The third kappa shape index (κ3) is 3.24. The first-order chi connectivity index (χ1) is 9.19. The average Bonchev–Trinajstić information content (AvgIpc) is 2.39. The van der Waals surface area contributed by atoms with Crippen LogP contribution in [0, 0.1) is 11.3 Å². The van der Waals surface area contributed by atoms with Crippen LogP contribution >= 0.6 is 12.2 Å². The number of carbonyl (C=O) groups excluding carboxylic acids is 1. The van der Waals surface area contributed by atoms with Crippen molar-refractivity contribution in [2.45, 2.75) is 45.7 Å². The molecule has 0 spiro atoms. The van der Waals surface area contributed by atoms with E-state index in [4.69, 9.17) is 18.0 Å². The molecule has 1 heterocycles. The van der Waals surface area contributed by atoms with E-state index in [0.29, 0.717) is 12.8 Å². The van der Waals surface area contributed by atoms with E-state index in [1.165, 1.54) is 4.90 Å². The van der Waals surface area contributed by atoms with Gasteiger partial charge in [0.25, 0.3) is 0 Å². The number of likely N-dealkylation sites (tertiary alicyclic amines) is 1. The lowest BCUT2D eigenvalue weighted by Gasteiger charge is -2.39. The minimum atomic E-state index is -4.18. The van der Waals surface area contributed by atoms with Gasteiger partial charge in [0.15, 0.2) is 0 Å². The lowest BCUT2D eigenvalue weighted by Crippen LogP contribution is -2.52. The quantitative estimate of drug-likeness (QED) is 0.812. The second kappa shape index (κ2) is 6.28. The van der Waals surface area contributed by atoms with Gasteiger partial charge in [-0.1, -0.05) is 26.1 Å². The smallest absolute Gasteiger partial charge is 0.391 e. The Hall–Kier alpha value is -0.850. The molecule has 0 aromatic heterocycles. The molecule has 1 saturated heterocycles. The van der Waals surface area contributed by atoms with Crippen LogP contribution in [0.3, 0.4) is 0 Å². The minimum absolute atomic E-state index is 0.0456. The number of nitrogens with zero attached hydrogens (tertiary/aromatic N) is 1. The van der Waals surface area contributed by atoms with E-state index in [0.717, 1.165) is 0 Å². The van der Waals surface area contributed by atoms with Crippen molar-refractivity contribution in [1.82, 2.24) is 4.90 Å². The minimum Gasteiger partial charge on any atom is -0.392 e. The molecule has 0 bridgehead atoms. The summed E-state index contributed by atoms with van der Waals surface area (Å²) in [7, 11) is 0. The number of alkyl halides is 3. The summed E-state index contributed by atoms with van der Waals surface area (Å²) < 4.78 is 37.9. The number of amides is 1. The third-order valence-electron chi connectivity index (χ3n) is 4.33. The van der Waals surface area contributed by atoms with E-state index in [-0.39, 0.29) is 36.8 Å². The summed E-state index contributed by atoms with van der Waals surface area (Å²) in [4.78, 5) is 14.2. The number of piperidine rings is 1. The van der Waals surface area contributed by atoms with Crippen molar-refractivity contribution in [2.24, 2.45) is 17.1 Å². The Morgan fingerprint density at radius 1 is 1.25 bits per heavy atom. The van der Waals surface area contributed by atoms with E-state index >= 15 is 0 Å². The highest BCUT2D eigenvalue weighted by atomic mass is 32.1. The standard InChI is InChI=1S/C13H21F3N2OS/c1-3-12(4-2,10(17)20)11(19)18-7-5-9(6-8-18)13(14,15)16/h9H,3-8H2,1-2H3,(H2,17,20). The van der Waals surface area contributed by atoms with Gasteiger partial charge in [-0.3, -0.25) is 4.79 Å². The fourth-order valence-corrected chi connectivity index (χ4v) is 3.09. The van der Waals surface area contributed by atoms with Crippen molar-refractivity contribution in [3.63, 3.8) is 0 Å². The summed E-state index contributed by atoms with van der Waals surface area (Å²) in [6.07, 6.45) is -3.33. The van der Waals surface area contributed by atoms with Gasteiger partial charge in [0, 0.05) is 13.1 Å². The molecule has 0 radical (unpaired) electrons. The van der Waals surface area contributed by atoms with E-state index in [1.807, 2.05) is 13.8 Å². The maximum atomic E-state index is 12.6. The molecule has 0 unspecified atom stereocenters. The average molecular weight is 310 g/mol. The molecule has 0 saturated carbocycles. The molecule has 2 N–H and O–H groups in total. The molecule has 0 aromatic rings. The van der Waals surface area contributed by atoms with Gasteiger partial charge in [0.1, 0.15) is 0 Å². The zero-order valence-corrected chi connectivity index (χ0v) is 12.6. The number of hydrogen-bond acceptors (Lipinski definition) is 2. The van der Waals surface area contributed by atoms with Crippen molar-refractivity contribution in [2.75, 3.05) is 13.1 Å². The first-order valence-corrected chi connectivity index (χ1v) is 7.25. The van der Waals surface area contributed by atoms with Crippen LogP contribution in [0.5, 0.6) is 0 Å². The highest BCUT2D eigenvalue weighted by Gasteiger charge is 2.45. The molecular formula is C13H21F3N2OS. The largest absolute Gasteiger partial charge is 0.392 e. The van der Waals surface area contributed by atoms with Crippen molar-refractivity contribution in [3.05, 3.63) is 0 Å². The molecule has 7 heteroatoms. The van der Waals surface area contributed by atoms with Crippen molar-refractivity contribution in [3.8, 4) is 0 Å². The molecule has 116 valence electrons. The number of thiocarbonyl (C=S) groups is 1. The molecule has 0 aromatic carbocycles. The van der Waals surface area contributed by atoms with Gasteiger partial charge in [-0.25, -0.2) is 0 Å². The number of rotatable bonds is 4. The molecule has 1 amide bonds. The monoisotopic (exact) mass is 310 g/mol. The Bertz CT molecular complexity index is 372. The molecule has 0 aliphatic carbocycles. The summed E-state index contributed by atoms with van der Waals surface area (Å²) in [6, 6.07) is 0. The van der Waals surface area contributed by atoms with Gasteiger partial charge in [-0.05, 0) is 25.7 Å². The second-order valence-corrected chi connectivity index (χ2v) is 5.70. The number of carbonyl (C=O) groups is 1. The number of halogens is 3. The maximum absolute atomic E-state index is 12.6. The highest BCUT2D eigenvalue weighted by Crippen LogP contribution is 2.36. The van der Waals surface area contributed by atoms with Gasteiger partial charge in [-0.2, -0.15) is 13.2 Å². The number of hydrogen-bond donors (Lipinski definition) is 1. The van der Waals surface area contributed by atoms with Crippen LogP contribution in [-0.4, -0.2) is 35.1 Å². The van der Waals surface area contributed by atoms with Gasteiger partial charge in [-0.15, -0.1) is 0 Å². The maximum Gasteiger partial charge on any atom is 0.391 e. The topological polar surface area (TPSA) is 46.3 Å². The Morgan fingerprint density at radius 2 is 1.70 bits per heavy atom. The van der Waals surface area contributed by atoms with Gasteiger partial charge in [0.05, 0.1) is 16.3 Å². The summed E-state index contributed by atoms with van der Waals surface area (Å²) in [5.41, 5.74) is 4.78. The number of nitrogens with two attached hydrogens (primary N) is 1. The Morgan fingerprint density at radius 3 is 2.00 bits per heavy atom. The van der Waals surface area contributed by atoms with Crippen LogP contribution in [0.15, 0.2) is 0 Å². The first-order valence-electron chi connectivity index (χ1n) is 6.85. The summed E-state index contributed by atoms with van der Waals surface area (Å²) in [6.45, 7) is 3.88. The third-order valence-corrected chi connectivity index (χ3v) is 4.72. The summed E-state index contributed by atoms with van der Waals surface area (Å²) >= 11 is 5.01. The van der Waals surface area contributed by atoms with E-state index in [9.17, 15) is 18.0 Å². The molecule has 0 atom stereocenters. The lowest BCUT2D eigenvalue weighted by atomic mass is 9.80. The van der Waals surface area contributed by atoms with Crippen LogP contribution in [0.1, 0.15) is 39.5 Å². The molecule has 1 aliphatic heterocycles. The first kappa shape index (κ1) is 17.2. The zero-order chi connectivity index (χ0) is 15.6. The summed E-state index contributed by atoms with van der Waals surface area (Å²) in [5.74, 6) is -1.54. The summed E-state index contributed by atoms with van der Waals surface area (Å²) in [5, 5.41) is 0. The molecule has 3 nitrogen and oxygen atoms in total. The Balaban J connectivity index is 2.78. The Labute approximate surface area is 122 Å². The molecular weight excluding hydrogens is 289 g/mol. The SMILES string of the molecule is CCC(CC)(C(=O)N1CCC(C(F)(F)F)CC1)C(N)=S. The van der Waals surface area contributed by atoms with E-state index in [2.05, 4.69) is 0 Å². The fourth-order valence-electron chi connectivity index (χ4n) is 2.72. The van der Waals surface area contributed by atoms with Crippen LogP contribution in [0.25, 0.3) is 0 Å². The molecule has 1 fully saturated rings. The Kier molecular flexibility index (Phi) is 5.40. The van der Waals surface area contributed by atoms with Gasteiger partial charge in [0.2, 0.25) is 5.91 Å². The van der Waals surface area contributed by atoms with Crippen LogP contribution < -0.4 is 5.73 Å². The van der Waals surface area contributed by atoms with Gasteiger partial charge < -0.3 is 10.6 Å². The van der Waals surface area contributed by atoms with E-state index in [1.54, 1.807) is 0 Å². The predicted molar refractivity (Wildman–Crippen MR) is 75.2 cm³/mol. The van der Waals surface area contributed by atoms with Crippen LogP contribution in [0.2, 0.25) is 0 Å². The van der Waals surface area contributed by atoms with Gasteiger partial charge >= 0.3 is 6.18 Å². The fraction of sp³-hybridized carbons (Fsp3) is 0.846. The molecule has 1 rings (SSSR count). The predicted octanol–water partition coefficient (Wildman–Crippen LogP) is 2.88. The lowest BCUT2D eigenvalue weighted by molar-refractivity contribution is -0.187. The molecule has 20 heavy (non-hydrogen) atoms. The van der Waals surface area contributed by atoms with Crippen molar-refractivity contribution < 1.29 is 18.0 Å². The highest BCUT2D eigenvalue weighted by molar-refractivity contribution is 7.80. The normalized spacial score (nSPS) is 18.1. The second-order valence-electron chi connectivity index (χ2n) is 5.26. The van der Waals surface area contributed by atoms with Crippen molar-refractivity contribution >= 4 is 23.1 Å². The van der Waals surface area contributed by atoms with Crippen LogP contribution in [0.4, 0.5) is 13.2 Å². The van der Waals surface area contributed by atoms with Crippen LogP contribution in [-0.2, 0) is 4.79 Å². The zero-order valence-electron chi connectivity index (χ0n) is 11.8. The molecule has 1 aliphatic rings. The van der Waals surface area contributed by atoms with Crippen molar-refractivity contribution in [1.29, 1.82) is 0 Å².